The number of hydrogen-bond donors (Lipinski definition) is 0. The van der Waals surface area contributed by atoms with Crippen molar-refractivity contribution in [3.05, 3.63) is 82.2 Å². The van der Waals surface area contributed by atoms with E-state index in [1.807, 2.05) is 30.5 Å². The quantitative estimate of drug-likeness (QED) is 0.542. The number of pyridine rings is 1. The molecule has 1 saturated heterocycles. The molecule has 1 fully saturated rings. The van der Waals surface area contributed by atoms with Crippen LogP contribution < -0.4 is 4.90 Å². The summed E-state index contributed by atoms with van der Waals surface area (Å²) >= 11 is 12.8. The number of benzene rings is 2. The summed E-state index contributed by atoms with van der Waals surface area (Å²) in [6.07, 6.45) is 6.43. The van der Waals surface area contributed by atoms with E-state index in [-0.39, 0.29) is 6.17 Å². The van der Waals surface area contributed by atoms with Crippen LogP contribution in [-0.2, 0) is 0 Å². The molecule has 0 radical (unpaired) electrons. The molecule has 2 aliphatic heterocycles. The minimum absolute atomic E-state index is 0.0908. The minimum Gasteiger partial charge on any atom is -0.349 e. The average molecular weight is 382 g/mol. The Labute approximate surface area is 162 Å². The van der Waals surface area contributed by atoms with Crippen LogP contribution in [0.2, 0.25) is 10.0 Å². The van der Waals surface area contributed by atoms with Gasteiger partial charge in [0.15, 0.2) is 0 Å². The van der Waals surface area contributed by atoms with Gasteiger partial charge in [-0.25, -0.2) is 0 Å². The van der Waals surface area contributed by atoms with Crippen LogP contribution >= 0.6 is 23.2 Å². The molecule has 130 valence electrons. The number of rotatable bonds is 2. The highest BCUT2D eigenvalue weighted by Gasteiger charge is 2.37. The number of halogens is 2. The second kappa shape index (κ2) is 6.19. The van der Waals surface area contributed by atoms with Crippen LogP contribution in [0.3, 0.4) is 0 Å². The third-order valence-electron chi connectivity index (χ3n) is 5.16. The molecule has 0 bridgehead atoms. The van der Waals surface area contributed by atoms with Crippen LogP contribution in [0, 0.1) is 0 Å². The summed E-state index contributed by atoms with van der Waals surface area (Å²) in [6, 6.07) is 16.2. The summed E-state index contributed by atoms with van der Waals surface area (Å²) in [5, 5.41) is 2.55. The molecule has 0 saturated carbocycles. The maximum absolute atomic E-state index is 6.52. The molecule has 3 aromatic rings. The number of hydrogen-bond acceptors (Lipinski definition) is 3. The van der Waals surface area contributed by atoms with Crippen molar-refractivity contribution in [2.24, 2.45) is 0 Å². The summed E-state index contributed by atoms with van der Waals surface area (Å²) in [7, 11) is 0. The zero-order chi connectivity index (χ0) is 17.7. The first-order valence-electron chi connectivity index (χ1n) is 8.76. The third kappa shape index (κ3) is 2.54. The molecule has 0 N–H and O–H groups in total. The Balaban J connectivity index is 1.65. The second-order valence-corrected chi connectivity index (χ2v) is 7.59. The van der Waals surface area contributed by atoms with Gasteiger partial charge in [-0.1, -0.05) is 35.3 Å². The SMILES string of the molecule is Clc1ccc(Cl)c(N2C=C3CCCN3C2c2ccc3ncccc3c2)c1. The summed E-state index contributed by atoms with van der Waals surface area (Å²) in [6.45, 7) is 1.05. The van der Waals surface area contributed by atoms with Gasteiger partial charge < -0.3 is 9.80 Å². The van der Waals surface area contributed by atoms with Crippen molar-refractivity contribution in [3.8, 4) is 0 Å². The molecule has 5 rings (SSSR count). The van der Waals surface area contributed by atoms with Gasteiger partial charge in [0.05, 0.1) is 16.2 Å². The largest absolute Gasteiger partial charge is 0.349 e. The number of aromatic nitrogens is 1. The number of fused-ring (bicyclic) bond motifs is 2. The molecule has 0 amide bonds. The maximum atomic E-state index is 6.52. The van der Waals surface area contributed by atoms with Gasteiger partial charge in [0.1, 0.15) is 6.17 Å². The van der Waals surface area contributed by atoms with Crippen molar-refractivity contribution >= 4 is 39.8 Å². The van der Waals surface area contributed by atoms with Gasteiger partial charge in [-0.05, 0) is 54.8 Å². The molecule has 2 aliphatic rings. The van der Waals surface area contributed by atoms with E-state index in [4.69, 9.17) is 23.2 Å². The monoisotopic (exact) mass is 381 g/mol. The molecule has 3 nitrogen and oxygen atoms in total. The Bertz CT molecular complexity index is 1030. The lowest BCUT2D eigenvalue weighted by Crippen LogP contribution is -2.30. The zero-order valence-electron chi connectivity index (χ0n) is 14.1. The topological polar surface area (TPSA) is 19.4 Å². The van der Waals surface area contributed by atoms with Gasteiger partial charge in [0.25, 0.3) is 0 Å². The lowest BCUT2D eigenvalue weighted by molar-refractivity contribution is 0.319. The zero-order valence-corrected chi connectivity index (χ0v) is 15.6. The number of allylic oxidation sites excluding steroid dienone is 1. The predicted octanol–water partition coefficient (Wildman–Crippen LogP) is 6.00. The highest BCUT2D eigenvalue weighted by atomic mass is 35.5. The molecule has 1 unspecified atom stereocenters. The Morgan fingerprint density at radius 2 is 1.96 bits per heavy atom. The van der Waals surface area contributed by atoms with E-state index in [2.05, 4.69) is 45.2 Å². The molecule has 26 heavy (non-hydrogen) atoms. The molecule has 3 heterocycles. The van der Waals surface area contributed by atoms with Crippen LogP contribution in [0.5, 0.6) is 0 Å². The molecule has 5 heteroatoms. The van der Waals surface area contributed by atoms with Crippen molar-refractivity contribution in [2.45, 2.75) is 19.0 Å². The third-order valence-corrected chi connectivity index (χ3v) is 5.71. The lowest BCUT2D eigenvalue weighted by atomic mass is 10.1. The van der Waals surface area contributed by atoms with Gasteiger partial charge in [0.2, 0.25) is 0 Å². The normalized spacial score (nSPS) is 19.2. The molecule has 0 spiro atoms. The van der Waals surface area contributed by atoms with Crippen LogP contribution in [0.4, 0.5) is 5.69 Å². The van der Waals surface area contributed by atoms with E-state index in [0.29, 0.717) is 10.0 Å². The summed E-state index contributed by atoms with van der Waals surface area (Å²) < 4.78 is 0. The summed E-state index contributed by atoms with van der Waals surface area (Å²) in [5.41, 5.74) is 4.54. The Morgan fingerprint density at radius 1 is 1.04 bits per heavy atom. The van der Waals surface area contributed by atoms with Crippen molar-refractivity contribution in [1.82, 2.24) is 9.88 Å². The van der Waals surface area contributed by atoms with Crippen molar-refractivity contribution < 1.29 is 0 Å². The van der Waals surface area contributed by atoms with Crippen molar-refractivity contribution in [3.63, 3.8) is 0 Å². The van der Waals surface area contributed by atoms with E-state index in [9.17, 15) is 0 Å². The van der Waals surface area contributed by atoms with E-state index in [1.165, 1.54) is 17.7 Å². The standard InChI is InChI=1S/C21H17Cl2N3/c22-16-6-7-18(23)20(12-16)26-13-17-4-2-10-25(17)21(26)15-5-8-19-14(11-15)3-1-9-24-19/h1,3,5-9,11-13,21H,2,4,10H2. The lowest BCUT2D eigenvalue weighted by Gasteiger charge is -2.33. The Hall–Kier alpha value is -2.23. The fourth-order valence-corrected chi connectivity index (χ4v) is 4.38. The van der Waals surface area contributed by atoms with Gasteiger partial charge in [-0.15, -0.1) is 0 Å². The van der Waals surface area contributed by atoms with Crippen molar-refractivity contribution in [2.75, 3.05) is 11.4 Å². The molecule has 2 aromatic carbocycles. The van der Waals surface area contributed by atoms with Crippen LogP contribution in [0.25, 0.3) is 10.9 Å². The van der Waals surface area contributed by atoms with Crippen molar-refractivity contribution in [1.29, 1.82) is 0 Å². The van der Waals surface area contributed by atoms with Gasteiger partial charge in [-0.3, -0.25) is 4.98 Å². The minimum atomic E-state index is 0.0908. The summed E-state index contributed by atoms with van der Waals surface area (Å²) in [5.74, 6) is 0. The van der Waals surface area contributed by atoms with Gasteiger partial charge >= 0.3 is 0 Å². The molecule has 0 aliphatic carbocycles. The molecule has 1 aromatic heterocycles. The summed E-state index contributed by atoms with van der Waals surface area (Å²) in [4.78, 5) is 9.16. The second-order valence-electron chi connectivity index (χ2n) is 6.75. The van der Waals surface area contributed by atoms with Crippen LogP contribution in [0.1, 0.15) is 24.6 Å². The maximum Gasteiger partial charge on any atom is 0.132 e. The fraction of sp³-hybridized carbons (Fsp3) is 0.190. The van der Waals surface area contributed by atoms with E-state index in [1.54, 1.807) is 0 Å². The predicted molar refractivity (Wildman–Crippen MR) is 107 cm³/mol. The number of anilines is 1. The first kappa shape index (κ1) is 16.0. The smallest absolute Gasteiger partial charge is 0.132 e. The van der Waals surface area contributed by atoms with Gasteiger partial charge in [-0.2, -0.15) is 0 Å². The van der Waals surface area contributed by atoms with Gasteiger partial charge in [0, 0.05) is 35.0 Å². The highest BCUT2D eigenvalue weighted by molar-refractivity contribution is 6.35. The molecular formula is C21H17Cl2N3. The number of nitrogens with zero attached hydrogens (tertiary/aromatic N) is 3. The van der Waals surface area contributed by atoms with Crippen LogP contribution in [-0.4, -0.2) is 16.4 Å². The first-order valence-corrected chi connectivity index (χ1v) is 9.52. The van der Waals surface area contributed by atoms with Crippen LogP contribution in [0.15, 0.2) is 66.6 Å². The Morgan fingerprint density at radius 3 is 2.88 bits per heavy atom. The molecular weight excluding hydrogens is 365 g/mol. The first-order chi connectivity index (χ1) is 12.7. The molecule has 1 atom stereocenters. The van der Waals surface area contributed by atoms with E-state index >= 15 is 0 Å². The highest BCUT2D eigenvalue weighted by Crippen LogP contribution is 2.45. The average Bonchev–Trinajstić information content (AvgIpc) is 3.24. The Kier molecular flexibility index (Phi) is 3.80. The fourth-order valence-electron chi connectivity index (χ4n) is 4.00. The van der Waals surface area contributed by atoms with E-state index < -0.39 is 0 Å². The van der Waals surface area contributed by atoms with E-state index in [0.717, 1.165) is 29.6 Å².